The van der Waals surface area contributed by atoms with E-state index in [9.17, 15) is 14.4 Å². The first kappa shape index (κ1) is 19.7. The molecular formula is C21H29N5O3. The van der Waals surface area contributed by atoms with E-state index in [1.807, 2.05) is 35.2 Å². The predicted molar refractivity (Wildman–Crippen MR) is 109 cm³/mol. The Kier molecular flexibility index (Phi) is 5.99. The highest BCUT2D eigenvalue weighted by atomic mass is 16.2. The van der Waals surface area contributed by atoms with Crippen LogP contribution < -0.4 is 10.6 Å². The lowest BCUT2D eigenvalue weighted by Gasteiger charge is -2.40. The number of nitrogens with zero attached hydrogens (tertiary/aromatic N) is 3. The van der Waals surface area contributed by atoms with Crippen LogP contribution in [0.25, 0.3) is 0 Å². The zero-order valence-corrected chi connectivity index (χ0v) is 16.7. The first-order valence-corrected chi connectivity index (χ1v) is 10.5. The van der Waals surface area contributed by atoms with Crippen molar-refractivity contribution in [1.29, 1.82) is 0 Å². The molecule has 0 aliphatic carbocycles. The van der Waals surface area contributed by atoms with Crippen LogP contribution in [0.1, 0.15) is 25.7 Å². The predicted octanol–water partition coefficient (Wildman–Crippen LogP) is 1.11. The number of hydrogen-bond donors (Lipinski definition) is 2. The van der Waals surface area contributed by atoms with E-state index in [0.29, 0.717) is 32.5 Å². The van der Waals surface area contributed by atoms with Gasteiger partial charge in [0, 0.05) is 69.9 Å². The number of rotatable bonds is 6. The van der Waals surface area contributed by atoms with Crippen LogP contribution in [-0.2, 0) is 9.59 Å². The van der Waals surface area contributed by atoms with Crippen molar-refractivity contribution >= 4 is 23.5 Å². The van der Waals surface area contributed by atoms with E-state index in [1.54, 1.807) is 4.90 Å². The lowest BCUT2D eigenvalue weighted by atomic mass is 10.1. The van der Waals surface area contributed by atoms with Crippen molar-refractivity contribution in [2.45, 2.75) is 37.8 Å². The summed E-state index contributed by atoms with van der Waals surface area (Å²) in [6, 6.07) is 9.75. The minimum Gasteiger partial charge on any atom is -0.354 e. The number of carbonyl (C=O) groups is 3. The van der Waals surface area contributed by atoms with Gasteiger partial charge in [0.15, 0.2) is 0 Å². The third kappa shape index (κ3) is 4.70. The van der Waals surface area contributed by atoms with Crippen molar-refractivity contribution in [1.82, 2.24) is 20.0 Å². The summed E-state index contributed by atoms with van der Waals surface area (Å²) in [4.78, 5) is 42.7. The summed E-state index contributed by atoms with van der Waals surface area (Å²) in [7, 11) is 0. The molecule has 156 valence electrons. The van der Waals surface area contributed by atoms with Crippen molar-refractivity contribution < 1.29 is 14.4 Å². The number of nitrogens with one attached hydrogen (secondary N) is 2. The van der Waals surface area contributed by atoms with E-state index in [-0.39, 0.29) is 29.9 Å². The van der Waals surface area contributed by atoms with Crippen molar-refractivity contribution in [2.75, 3.05) is 44.6 Å². The standard InChI is InChI=1S/C21H29N5O3/c27-19(9-12-24-10-4-7-20(24)28)22-13-18-15-26(17-8-11-25(18)14-17)21(29)23-16-5-2-1-3-6-16/h1-3,5-6,17-18H,4,7-15H2,(H,22,27)(H,23,29). The molecule has 0 saturated carbocycles. The number of anilines is 1. The molecule has 3 aliphatic heterocycles. The number of likely N-dealkylation sites (tertiary alicyclic amines) is 1. The first-order valence-electron chi connectivity index (χ1n) is 10.5. The Morgan fingerprint density at radius 3 is 2.69 bits per heavy atom. The Labute approximate surface area is 171 Å². The van der Waals surface area contributed by atoms with Crippen molar-refractivity contribution in [2.24, 2.45) is 0 Å². The highest BCUT2D eigenvalue weighted by Gasteiger charge is 2.40. The molecule has 0 aromatic heterocycles. The maximum atomic E-state index is 12.8. The second kappa shape index (κ2) is 8.82. The zero-order chi connectivity index (χ0) is 20.2. The number of hydrogen-bond acceptors (Lipinski definition) is 4. The molecule has 0 radical (unpaired) electrons. The molecule has 3 unspecified atom stereocenters. The molecule has 2 N–H and O–H groups in total. The molecule has 2 bridgehead atoms. The topological polar surface area (TPSA) is 85.0 Å². The minimum absolute atomic E-state index is 0.0358. The molecule has 8 nitrogen and oxygen atoms in total. The summed E-state index contributed by atoms with van der Waals surface area (Å²) in [6.45, 7) is 4.18. The average Bonchev–Trinajstić information content (AvgIpc) is 3.33. The minimum atomic E-state index is -0.0772. The number of carbonyl (C=O) groups excluding carboxylic acids is 3. The van der Waals surface area contributed by atoms with Crippen molar-refractivity contribution in [3.8, 4) is 0 Å². The molecule has 3 aliphatic rings. The lowest BCUT2D eigenvalue weighted by molar-refractivity contribution is -0.128. The molecule has 8 heteroatoms. The van der Waals surface area contributed by atoms with Crippen molar-refractivity contribution in [3.63, 3.8) is 0 Å². The van der Waals surface area contributed by atoms with Gasteiger partial charge in [-0.25, -0.2) is 4.79 Å². The molecule has 4 amide bonds. The van der Waals surface area contributed by atoms with Gasteiger partial charge in [0.25, 0.3) is 0 Å². The van der Waals surface area contributed by atoms with Gasteiger partial charge in [-0.3, -0.25) is 14.5 Å². The summed E-state index contributed by atoms with van der Waals surface area (Å²) in [5.41, 5.74) is 0.791. The normalized spacial score (nSPS) is 25.9. The number of benzene rings is 1. The van der Waals surface area contributed by atoms with Crippen LogP contribution in [0.4, 0.5) is 10.5 Å². The molecule has 0 spiro atoms. The summed E-state index contributed by atoms with van der Waals surface area (Å²) in [5, 5.41) is 5.99. The van der Waals surface area contributed by atoms with Gasteiger partial charge in [-0.1, -0.05) is 18.2 Å². The SMILES string of the molecule is O=C(CCN1CCCC1=O)NCC1CN(C(=O)Nc2ccccc2)C2CCN1C2. The monoisotopic (exact) mass is 399 g/mol. The van der Waals surface area contributed by atoms with Crippen LogP contribution in [0.5, 0.6) is 0 Å². The Morgan fingerprint density at radius 1 is 1.10 bits per heavy atom. The van der Waals surface area contributed by atoms with Crippen LogP contribution in [-0.4, -0.2) is 83.9 Å². The highest BCUT2D eigenvalue weighted by molar-refractivity contribution is 5.89. The van der Waals surface area contributed by atoms with Gasteiger partial charge < -0.3 is 20.4 Å². The fourth-order valence-electron chi connectivity index (χ4n) is 4.50. The van der Waals surface area contributed by atoms with E-state index in [0.717, 1.165) is 38.2 Å². The maximum absolute atomic E-state index is 12.8. The first-order chi connectivity index (χ1) is 14.1. The Morgan fingerprint density at radius 2 is 1.93 bits per heavy atom. The Balaban J connectivity index is 1.27. The van der Waals surface area contributed by atoms with Gasteiger partial charge in [-0.05, 0) is 25.0 Å². The van der Waals surface area contributed by atoms with E-state index in [1.165, 1.54) is 0 Å². The fraction of sp³-hybridized carbons (Fsp3) is 0.571. The fourth-order valence-corrected chi connectivity index (χ4v) is 4.50. The van der Waals surface area contributed by atoms with Crippen LogP contribution >= 0.6 is 0 Å². The summed E-state index contributed by atoms with van der Waals surface area (Å²) in [5.74, 6) is 0.111. The molecule has 4 rings (SSSR count). The van der Waals surface area contributed by atoms with Crippen LogP contribution in [0, 0.1) is 0 Å². The third-order valence-corrected chi connectivity index (χ3v) is 6.16. The smallest absolute Gasteiger partial charge is 0.322 e. The van der Waals surface area contributed by atoms with Crippen LogP contribution in [0.15, 0.2) is 30.3 Å². The molecular weight excluding hydrogens is 370 g/mol. The number of amides is 4. The molecule has 29 heavy (non-hydrogen) atoms. The third-order valence-electron chi connectivity index (χ3n) is 6.16. The number of piperazine rings is 1. The van der Waals surface area contributed by atoms with E-state index < -0.39 is 0 Å². The largest absolute Gasteiger partial charge is 0.354 e. The van der Waals surface area contributed by atoms with E-state index in [2.05, 4.69) is 15.5 Å². The molecule has 3 saturated heterocycles. The summed E-state index contributed by atoms with van der Waals surface area (Å²) < 4.78 is 0. The number of fused-ring (bicyclic) bond motifs is 2. The molecule has 1 aromatic rings. The van der Waals surface area contributed by atoms with Gasteiger partial charge in [-0.2, -0.15) is 0 Å². The van der Waals surface area contributed by atoms with Crippen LogP contribution in [0.2, 0.25) is 0 Å². The van der Waals surface area contributed by atoms with Gasteiger partial charge in [0.1, 0.15) is 0 Å². The van der Waals surface area contributed by atoms with E-state index >= 15 is 0 Å². The van der Waals surface area contributed by atoms with Gasteiger partial charge in [-0.15, -0.1) is 0 Å². The van der Waals surface area contributed by atoms with Gasteiger partial charge in [0.05, 0.1) is 0 Å². The molecule has 1 aromatic carbocycles. The quantitative estimate of drug-likeness (QED) is 0.750. The Bertz CT molecular complexity index is 756. The lowest BCUT2D eigenvalue weighted by Crippen LogP contribution is -2.58. The highest BCUT2D eigenvalue weighted by Crippen LogP contribution is 2.25. The zero-order valence-electron chi connectivity index (χ0n) is 16.7. The number of urea groups is 1. The van der Waals surface area contributed by atoms with Crippen LogP contribution in [0.3, 0.4) is 0 Å². The van der Waals surface area contributed by atoms with Gasteiger partial charge in [0.2, 0.25) is 11.8 Å². The number of para-hydroxylation sites is 1. The second-order valence-electron chi connectivity index (χ2n) is 8.08. The molecule has 3 atom stereocenters. The summed E-state index contributed by atoms with van der Waals surface area (Å²) in [6.07, 6.45) is 2.78. The molecule has 3 heterocycles. The Hall–Kier alpha value is -2.61. The maximum Gasteiger partial charge on any atom is 0.322 e. The average molecular weight is 399 g/mol. The molecule has 3 fully saturated rings. The van der Waals surface area contributed by atoms with E-state index in [4.69, 9.17) is 0 Å². The summed E-state index contributed by atoms with van der Waals surface area (Å²) >= 11 is 0. The van der Waals surface area contributed by atoms with Crippen molar-refractivity contribution in [3.05, 3.63) is 30.3 Å². The second-order valence-corrected chi connectivity index (χ2v) is 8.08. The van der Waals surface area contributed by atoms with Gasteiger partial charge >= 0.3 is 6.03 Å².